The molecular weight excluding hydrogens is 492 g/mol. The van der Waals surface area contributed by atoms with Gasteiger partial charge in [0.2, 0.25) is 0 Å². The van der Waals surface area contributed by atoms with Crippen LogP contribution in [0.5, 0.6) is 5.75 Å². The molecule has 1 aromatic heterocycles. The lowest BCUT2D eigenvalue weighted by atomic mass is 10.0. The molecule has 1 aromatic carbocycles. The van der Waals surface area contributed by atoms with Crippen LogP contribution in [0.2, 0.25) is 5.02 Å². The van der Waals surface area contributed by atoms with Crippen LogP contribution in [0.25, 0.3) is 0 Å². The van der Waals surface area contributed by atoms with Gasteiger partial charge in [-0.2, -0.15) is 10.4 Å². The minimum absolute atomic E-state index is 0.313. The molecule has 0 atom stereocenters. The summed E-state index contributed by atoms with van der Waals surface area (Å²) in [5.41, 5.74) is 2.79. The number of nitrogens with two attached hydrogens (primary N) is 2. The van der Waals surface area contributed by atoms with Crippen molar-refractivity contribution in [2.75, 3.05) is 37.0 Å². The van der Waals surface area contributed by atoms with Crippen LogP contribution in [-0.4, -0.2) is 60.7 Å². The quantitative estimate of drug-likeness (QED) is 0.196. The van der Waals surface area contributed by atoms with E-state index in [1.165, 1.54) is 17.7 Å². The SMILES string of the molecule is C\N=C/N=C1/CN(c2ccc(C#N)c(Cl)c2)CC/C1=C\Nc1ccc(OCC(C)(C)N(N)/C=N\N)cn1. The number of ether oxygens (including phenoxy) is 1. The van der Waals surface area contributed by atoms with E-state index >= 15 is 0 Å². The Kier molecular flexibility index (Phi) is 9.43. The molecule has 5 N–H and O–H groups in total. The van der Waals surface area contributed by atoms with Crippen LogP contribution in [0.3, 0.4) is 0 Å². The van der Waals surface area contributed by atoms with Gasteiger partial charge < -0.3 is 20.8 Å². The van der Waals surface area contributed by atoms with Gasteiger partial charge in [-0.3, -0.25) is 10.0 Å². The van der Waals surface area contributed by atoms with Crippen molar-refractivity contribution in [3.05, 3.63) is 58.9 Å². The highest BCUT2D eigenvalue weighted by Gasteiger charge is 2.24. The van der Waals surface area contributed by atoms with Crippen molar-refractivity contribution in [3.8, 4) is 11.8 Å². The van der Waals surface area contributed by atoms with Gasteiger partial charge in [-0.15, -0.1) is 0 Å². The molecule has 2 aromatic rings. The molecule has 0 saturated carbocycles. The summed E-state index contributed by atoms with van der Waals surface area (Å²) in [6.07, 6.45) is 7.18. The highest BCUT2D eigenvalue weighted by Crippen LogP contribution is 2.27. The monoisotopic (exact) mass is 522 g/mol. The molecule has 12 heteroatoms. The van der Waals surface area contributed by atoms with Crippen LogP contribution in [0.15, 0.2) is 63.4 Å². The standard InChI is InChI=1S/C25H31ClN10O/c1-25(2,36(29)17-34-28)15-37-21-6-7-24(32-13-21)31-12-19-8-9-35(14-23(19)33-16-30-3)20-5-4-18(11-27)22(26)10-20/h4-7,10,12-13,16-17H,8-9,14-15,28-29H2,1-3H3,(H,31,32)/b19-12+,30-16-,33-23-,34-17-. The third kappa shape index (κ3) is 7.42. The van der Waals surface area contributed by atoms with E-state index in [9.17, 15) is 0 Å². The molecule has 1 fully saturated rings. The van der Waals surface area contributed by atoms with Crippen LogP contribution in [0, 0.1) is 11.3 Å². The molecule has 0 spiro atoms. The summed E-state index contributed by atoms with van der Waals surface area (Å²) in [6.45, 7) is 5.47. The fraction of sp³-hybridized carbons (Fsp3) is 0.320. The van der Waals surface area contributed by atoms with Gasteiger partial charge in [-0.25, -0.2) is 15.8 Å². The van der Waals surface area contributed by atoms with Gasteiger partial charge in [0.05, 0.1) is 34.6 Å². The van der Waals surface area contributed by atoms with Crippen LogP contribution < -0.4 is 26.6 Å². The van der Waals surface area contributed by atoms with Gasteiger partial charge >= 0.3 is 0 Å². The number of aliphatic imine (C=N–C) groups is 2. The molecule has 37 heavy (non-hydrogen) atoms. The predicted molar refractivity (Wildman–Crippen MR) is 149 cm³/mol. The normalized spacial score (nSPS) is 16.5. The lowest BCUT2D eigenvalue weighted by molar-refractivity contribution is 0.131. The molecule has 1 aliphatic heterocycles. The molecule has 194 valence electrons. The Hall–Kier alpha value is -4.14. The van der Waals surface area contributed by atoms with Crippen LogP contribution in [0.4, 0.5) is 11.5 Å². The number of rotatable bonds is 9. The summed E-state index contributed by atoms with van der Waals surface area (Å²) in [7, 11) is 1.68. The van der Waals surface area contributed by atoms with Crippen molar-refractivity contribution in [1.29, 1.82) is 5.26 Å². The number of nitrogens with zero attached hydrogens (tertiary/aromatic N) is 7. The second kappa shape index (κ2) is 12.7. The van der Waals surface area contributed by atoms with Crippen molar-refractivity contribution in [1.82, 2.24) is 9.99 Å². The van der Waals surface area contributed by atoms with E-state index < -0.39 is 5.54 Å². The maximum atomic E-state index is 9.14. The van der Waals surface area contributed by atoms with E-state index in [1.54, 1.807) is 19.3 Å². The molecule has 0 unspecified atom stereocenters. The zero-order chi connectivity index (χ0) is 26.8. The van der Waals surface area contributed by atoms with Gasteiger partial charge in [-0.05, 0) is 56.2 Å². The first kappa shape index (κ1) is 27.4. The largest absolute Gasteiger partial charge is 0.489 e. The maximum Gasteiger partial charge on any atom is 0.137 e. The van der Waals surface area contributed by atoms with Crippen LogP contribution >= 0.6 is 11.6 Å². The number of nitrogens with one attached hydrogen (secondary N) is 1. The summed E-state index contributed by atoms with van der Waals surface area (Å²) in [4.78, 5) is 15.1. The number of nitriles is 1. The van der Waals surface area contributed by atoms with E-state index in [1.807, 2.05) is 44.3 Å². The van der Waals surface area contributed by atoms with Gasteiger partial charge in [0, 0.05) is 25.5 Å². The van der Waals surface area contributed by atoms with Crippen LogP contribution in [0.1, 0.15) is 25.8 Å². The molecule has 0 radical (unpaired) electrons. The van der Waals surface area contributed by atoms with Crippen molar-refractivity contribution >= 4 is 41.5 Å². The first-order valence-corrected chi connectivity index (χ1v) is 11.9. The zero-order valence-electron chi connectivity index (χ0n) is 21.1. The Balaban J connectivity index is 1.66. The molecule has 1 saturated heterocycles. The summed E-state index contributed by atoms with van der Waals surface area (Å²) in [6, 6.07) is 11.2. The molecular formula is C25H31ClN10O. The van der Waals surface area contributed by atoms with E-state index in [-0.39, 0.29) is 0 Å². The molecule has 3 rings (SSSR count). The predicted octanol–water partition coefficient (Wildman–Crippen LogP) is 3.15. The van der Waals surface area contributed by atoms with E-state index in [4.69, 9.17) is 33.3 Å². The Morgan fingerprint density at radius 3 is 2.81 bits per heavy atom. The zero-order valence-corrected chi connectivity index (χ0v) is 21.9. The number of hydrogen-bond donors (Lipinski definition) is 3. The van der Waals surface area contributed by atoms with E-state index in [2.05, 4.69) is 36.4 Å². The van der Waals surface area contributed by atoms with Crippen molar-refractivity contribution < 1.29 is 4.74 Å². The second-order valence-electron chi connectivity index (χ2n) is 8.86. The third-order valence-corrected chi connectivity index (χ3v) is 6.06. The van der Waals surface area contributed by atoms with E-state index in [0.717, 1.165) is 29.9 Å². The Morgan fingerprint density at radius 2 is 2.16 bits per heavy atom. The summed E-state index contributed by atoms with van der Waals surface area (Å²) < 4.78 is 5.83. The van der Waals surface area contributed by atoms with Gasteiger partial charge in [0.25, 0.3) is 0 Å². The number of hydrogen-bond acceptors (Lipinski definition) is 9. The molecule has 0 bridgehead atoms. The molecule has 0 aliphatic carbocycles. The summed E-state index contributed by atoms with van der Waals surface area (Å²) >= 11 is 6.24. The Labute approximate surface area is 221 Å². The second-order valence-corrected chi connectivity index (χ2v) is 9.27. The average molecular weight is 523 g/mol. The van der Waals surface area contributed by atoms with Gasteiger partial charge in [-0.1, -0.05) is 11.6 Å². The lowest BCUT2D eigenvalue weighted by Crippen LogP contribution is -2.51. The fourth-order valence-corrected chi connectivity index (χ4v) is 3.67. The number of benzene rings is 1. The number of pyridine rings is 1. The molecule has 11 nitrogen and oxygen atoms in total. The summed E-state index contributed by atoms with van der Waals surface area (Å²) in [5, 5.41) is 17.6. The number of piperidine rings is 1. The number of anilines is 2. The highest BCUT2D eigenvalue weighted by atomic mass is 35.5. The number of hydrazine groups is 1. The van der Waals surface area contributed by atoms with Crippen molar-refractivity contribution in [2.24, 2.45) is 26.8 Å². The first-order valence-electron chi connectivity index (χ1n) is 11.5. The molecule has 2 heterocycles. The van der Waals surface area contributed by atoms with Crippen molar-refractivity contribution in [3.63, 3.8) is 0 Å². The molecule has 0 amide bonds. The first-order chi connectivity index (χ1) is 17.8. The van der Waals surface area contributed by atoms with Gasteiger partial charge in [0.15, 0.2) is 0 Å². The van der Waals surface area contributed by atoms with Gasteiger partial charge in [0.1, 0.15) is 36.9 Å². The van der Waals surface area contributed by atoms with E-state index in [0.29, 0.717) is 35.3 Å². The highest BCUT2D eigenvalue weighted by molar-refractivity contribution is 6.32. The minimum Gasteiger partial charge on any atom is -0.489 e. The molecule has 1 aliphatic rings. The minimum atomic E-state index is -0.514. The average Bonchev–Trinajstić information content (AvgIpc) is 2.90. The fourth-order valence-electron chi connectivity index (χ4n) is 3.45. The lowest BCUT2D eigenvalue weighted by Gasteiger charge is -2.32. The summed E-state index contributed by atoms with van der Waals surface area (Å²) in [5.74, 6) is 12.4. The smallest absolute Gasteiger partial charge is 0.137 e. The Bertz CT molecular complexity index is 1230. The topological polar surface area (TPSA) is 154 Å². The maximum absolute atomic E-state index is 9.14. The van der Waals surface area contributed by atoms with Crippen molar-refractivity contribution in [2.45, 2.75) is 25.8 Å². The Morgan fingerprint density at radius 1 is 1.35 bits per heavy atom. The third-order valence-electron chi connectivity index (χ3n) is 5.74. The number of halogens is 1. The van der Waals surface area contributed by atoms with Crippen LogP contribution in [-0.2, 0) is 0 Å². The number of hydrazone groups is 1. The number of aromatic nitrogens is 1.